The van der Waals surface area contributed by atoms with Crippen molar-refractivity contribution in [1.29, 1.82) is 0 Å². The number of amides is 1. The summed E-state index contributed by atoms with van der Waals surface area (Å²) in [6, 6.07) is 15.3. The van der Waals surface area contributed by atoms with Gasteiger partial charge in [-0.15, -0.1) is 0 Å². The third kappa shape index (κ3) is 2.52. The SMILES string of the molecule is CCOc1ccc2c(c1)C1N=CN(Cc3ccccc3)C(=O)C1N2. The third-order valence-electron chi connectivity index (χ3n) is 4.39. The summed E-state index contributed by atoms with van der Waals surface area (Å²) in [6.07, 6.45) is 1.67. The minimum atomic E-state index is -0.342. The van der Waals surface area contributed by atoms with Crippen LogP contribution >= 0.6 is 0 Å². The van der Waals surface area contributed by atoms with E-state index in [1.807, 2.05) is 55.5 Å². The van der Waals surface area contributed by atoms with E-state index in [-0.39, 0.29) is 18.0 Å². The highest BCUT2D eigenvalue weighted by Crippen LogP contribution is 2.41. The maximum atomic E-state index is 12.8. The lowest BCUT2D eigenvalue weighted by atomic mass is 10.0. The normalized spacial score (nSPS) is 21.2. The summed E-state index contributed by atoms with van der Waals surface area (Å²) in [7, 11) is 0. The fraction of sp³-hybridized carbons (Fsp3) is 0.263. The zero-order valence-corrected chi connectivity index (χ0v) is 13.5. The molecule has 2 aromatic carbocycles. The van der Waals surface area contributed by atoms with E-state index in [2.05, 4.69) is 10.3 Å². The minimum Gasteiger partial charge on any atom is -0.494 e. The smallest absolute Gasteiger partial charge is 0.253 e. The molecule has 122 valence electrons. The molecule has 0 bridgehead atoms. The zero-order chi connectivity index (χ0) is 16.5. The molecule has 0 spiro atoms. The Morgan fingerprint density at radius 1 is 1.21 bits per heavy atom. The number of hydrogen-bond acceptors (Lipinski definition) is 4. The van der Waals surface area contributed by atoms with E-state index < -0.39 is 0 Å². The van der Waals surface area contributed by atoms with E-state index in [1.165, 1.54) is 0 Å². The fourth-order valence-electron chi connectivity index (χ4n) is 3.25. The Balaban J connectivity index is 1.58. The van der Waals surface area contributed by atoms with Crippen LogP contribution in [-0.4, -0.2) is 29.8 Å². The molecular weight excluding hydrogens is 302 g/mol. The number of rotatable bonds is 4. The van der Waals surface area contributed by atoms with Gasteiger partial charge in [0.2, 0.25) is 0 Å². The van der Waals surface area contributed by atoms with Crippen molar-refractivity contribution in [2.75, 3.05) is 11.9 Å². The number of benzene rings is 2. The molecule has 0 aliphatic carbocycles. The first kappa shape index (κ1) is 14.8. The molecule has 0 fully saturated rings. The van der Waals surface area contributed by atoms with Crippen molar-refractivity contribution in [1.82, 2.24) is 4.90 Å². The molecule has 0 aromatic heterocycles. The van der Waals surface area contributed by atoms with Gasteiger partial charge < -0.3 is 10.1 Å². The van der Waals surface area contributed by atoms with Crippen LogP contribution in [0.2, 0.25) is 0 Å². The molecule has 2 unspecified atom stereocenters. The van der Waals surface area contributed by atoms with Gasteiger partial charge in [-0.1, -0.05) is 30.3 Å². The second-order valence-corrected chi connectivity index (χ2v) is 5.97. The molecule has 2 aromatic rings. The molecule has 2 atom stereocenters. The van der Waals surface area contributed by atoms with E-state index in [1.54, 1.807) is 11.2 Å². The van der Waals surface area contributed by atoms with Gasteiger partial charge in [0.25, 0.3) is 5.91 Å². The molecule has 24 heavy (non-hydrogen) atoms. The molecule has 2 aliphatic heterocycles. The molecule has 0 radical (unpaired) electrons. The number of carbonyl (C=O) groups is 1. The van der Waals surface area contributed by atoms with Crippen LogP contribution in [-0.2, 0) is 11.3 Å². The first-order valence-corrected chi connectivity index (χ1v) is 8.17. The first-order chi connectivity index (χ1) is 11.8. The zero-order valence-electron chi connectivity index (χ0n) is 13.5. The van der Waals surface area contributed by atoms with E-state index in [0.29, 0.717) is 13.2 Å². The van der Waals surface area contributed by atoms with Crippen molar-refractivity contribution in [3.05, 3.63) is 59.7 Å². The fourth-order valence-corrected chi connectivity index (χ4v) is 3.25. The molecule has 2 aliphatic rings. The predicted molar refractivity (Wildman–Crippen MR) is 93.2 cm³/mol. The Labute approximate surface area is 141 Å². The summed E-state index contributed by atoms with van der Waals surface area (Å²) in [6.45, 7) is 3.11. The highest BCUT2D eigenvalue weighted by Gasteiger charge is 2.41. The van der Waals surface area contributed by atoms with Gasteiger partial charge in [0.15, 0.2) is 0 Å². The number of ether oxygens (including phenoxy) is 1. The lowest BCUT2D eigenvalue weighted by molar-refractivity contribution is -0.129. The summed E-state index contributed by atoms with van der Waals surface area (Å²) in [5.74, 6) is 0.862. The maximum Gasteiger partial charge on any atom is 0.253 e. The van der Waals surface area contributed by atoms with Gasteiger partial charge in [0.1, 0.15) is 17.8 Å². The van der Waals surface area contributed by atoms with E-state index in [0.717, 1.165) is 22.6 Å². The Bertz CT molecular complexity index is 788. The number of nitrogens with one attached hydrogen (secondary N) is 1. The molecule has 5 nitrogen and oxygen atoms in total. The second kappa shape index (κ2) is 6.00. The Morgan fingerprint density at radius 2 is 2.04 bits per heavy atom. The molecule has 4 rings (SSSR count). The molecular formula is C19H19N3O2. The van der Waals surface area contributed by atoms with Crippen LogP contribution < -0.4 is 10.1 Å². The van der Waals surface area contributed by atoms with Crippen LogP contribution in [0, 0.1) is 0 Å². The van der Waals surface area contributed by atoms with Crippen molar-refractivity contribution in [3.8, 4) is 5.75 Å². The topological polar surface area (TPSA) is 53.9 Å². The van der Waals surface area contributed by atoms with Crippen LogP contribution in [0.15, 0.2) is 53.5 Å². The number of aliphatic imine (C=N–C) groups is 1. The quantitative estimate of drug-likeness (QED) is 0.942. The number of hydrogen-bond donors (Lipinski definition) is 1. The van der Waals surface area contributed by atoms with Crippen molar-refractivity contribution in [2.24, 2.45) is 4.99 Å². The van der Waals surface area contributed by atoms with Gasteiger partial charge in [-0.05, 0) is 30.7 Å². The van der Waals surface area contributed by atoms with Gasteiger partial charge in [0, 0.05) is 11.3 Å². The number of nitrogens with zero attached hydrogens (tertiary/aromatic N) is 2. The molecule has 1 amide bonds. The van der Waals surface area contributed by atoms with E-state index in [9.17, 15) is 4.79 Å². The van der Waals surface area contributed by atoms with Crippen LogP contribution in [0.25, 0.3) is 0 Å². The minimum absolute atomic E-state index is 0.0491. The van der Waals surface area contributed by atoms with Gasteiger partial charge in [0.05, 0.1) is 19.5 Å². The number of carbonyl (C=O) groups excluding carboxylic acids is 1. The van der Waals surface area contributed by atoms with Crippen molar-refractivity contribution in [2.45, 2.75) is 25.6 Å². The van der Waals surface area contributed by atoms with Crippen molar-refractivity contribution >= 4 is 17.9 Å². The van der Waals surface area contributed by atoms with E-state index in [4.69, 9.17) is 4.74 Å². The third-order valence-corrected chi connectivity index (χ3v) is 4.39. The summed E-state index contributed by atoms with van der Waals surface area (Å²) < 4.78 is 5.56. The van der Waals surface area contributed by atoms with Crippen LogP contribution in [0.5, 0.6) is 5.75 Å². The Morgan fingerprint density at radius 3 is 2.83 bits per heavy atom. The largest absolute Gasteiger partial charge is 0.494 e. The number of anilines is 1. The lowest BCUT2D eigenvalue weighted by Gasteiger charge is -2.28. The second-order valence-electron chi connectivity index (χ2n) is 5.97. The first-order valence-electron chi connectivity index (χ1n) is 8.17. The number of fused-ring (bicyclic) bond motifs is 3. The molecule has 0 saturated heterocycles. The predicted octanol–water partition coefficient (Wildman–Crippen LogP) is 2.99. The van der Waals surface area contributed by atoms with Crippen molar-refractivity contribution < 1.29 is 9.53 Å². The monoisotopic (exact) mass is 321 g/mol. The lowest BCUT2D eigenvalue weighted by Crippen LogP contribution is -2.45. The van der Waals surface area contributed by atoms with E-state index >= 15 is 0 Å². The summed E-state index contributed by atoms with van der Waals surface area (Å²) in [5.41, 5.74) is 3.07. The van der Waals surface area contributed by atoms with Gasteiger partial charge >= 0.3 is 0 Å². The molecule has 0 saturated carbocycles. The van der Waals surface area contributed by atoms with Crippen LogP contribution in [0.4, 0.5) is 5.69 Å². The highest BCUT2D eigenvalue weighted by molar-refractivity contribution is 5.98. The van der Waals surface area contributed by atoms with Crippen molar-refractivity contribution in [3.63, 3.8) is 0 Å². The summed E-state index contributed by atoms with van der Waals surface area (Å²) in [4.78, 5) is 19.1. The molecule has 5 heteroatoms. The average molecular weight is 321 g/mol. The molecule has 1 N–H and O–H groups in total. The van der Waals surface area contributed by atoms with Crippen LogP contribution in [0.1, 0.15) is 24.1 Å². The van der Waals surface area contributed by atoms with Gasteiger partial charge in [-0.3, -0.25) is 14.7 Å². The summed E-state index contributed by atoms with van der Waals surface area (Å²) >= 11 is 0. The summed E-state index contributed by atoms with van der Waals surface area (Å²) in [5, 5.41) is 3.31. The van der Waals surface area contributed by atoms with Crippen LogP contribution in [0.3, 0.4) is 0 Å². The maximum absolute atomic E-state index is 12.8. The Kier molecular flexibility index (Phi) is 3.69. The Hall–Kier alpha value is -2.82. The average Bonchev–Trinajstić information content (AvgIpc) is 2.98. The standard InChI is InChI=1S/C19H19N3O2/c1-2-24-14-8-9-16-15(10-14)17-18(21-16)19(23)22(12-20-17)11-13-6-4-3-5-7-13/h3-10,12,17-18,21H,2,11H2,1H3. The highest BCUT2D eigenvalue weighted by atomic mass is 16.5. The molecule has 2 heterocycles. The van der Waals surface area contributed by atoms with Gasteiger partial charge in [-0.25, -0.2) is 0 Å². The van der Waals surface area contributed by atoms with Gasteiger partial charge in [-0.2, -0.15) is 0 Å².